The fourth-order valence-electron chi connectivity index (χ4n) is 5.51. The molecule has 1 aliphatic heterocycles. The van der Waals surface area contributed by atoms with Gasteiger partial charge in [-0.3, -0.25) is 14.8 Å². The van der Waals surface area contributed by atoms with Gasteiger partial charge in [-0.2, -0.15) is 0 Å². The zero-order valence-corrected chi connectivity index (χ0v) is 27.3. The van der Waals surface area contributed by atoms with Crippen molar-refractivity contribution in [2.24, 2.45) is 0 Å². The number of amides is 2. The maximum atomic E-state index is 12.3. The van der Waals surface area contributed by atoms with Gasteiger partial charge in [-0.05, 0) is 46.7 Å². The van der Waals surface area contributed by atoms with Crippen LogP contribution in [0.4, 0.5) is 0 Å². The standard InChI is InChI=1S/C35H38Cl2N4O6/c36-33-34(37)41(22-39-33)20-29-18-30(26-11-9-23(21-42)10-12-26)47-35(46-29)27-15-13-25(14-16-27)28-6-4-5-24(17-28)19-38-31(43)7-2-1-3-8-32(44)40-45/h4-6,9-17,22,29-30,35,42,45H,1-3,7-8,18-21H2,(H,38,43)(H,40,44)/t29-,30+,35+/m0/s1. The fraction of sp³-hybridized carbons (Fsp3) is 0.343. The lowest BCUT2D eigenvalue weighted by Crippen LogP contribution is -2.32. The van der Waals surface area contributed by atoms with Crippen LogP contribution in [-0.4, -0.2) is 37.8 Å². The van der Waals surface area contributed by atoms with E-state index in [1.54, 1.807) is 16.4 Å². The highest BCUT2D eigenvalue weighted by molar-refractivity contribution is 6.40. The summed E-state index contributed by atoms with van der Waals surface area (Å²) in [5, 5.41) is 21.6. The van der Waals surface area contributed by atoms with Crippen LogP contribution in [0.2, 0.25) is 10.3 Å². The molecular formula is C35H38Cl2N4O6. The Morgan fingerprint density at radius 3 is 2.28 bits per heavy atom. The first-order chi connectivity index (χ1) is 22.8. The first-order valence-electron chi connectivity index (χ1n) is 15.6. The summed E-state index contributed by atoms with van der Waals surface area (Å²) in [7, 11) is 0. The highest BCUT2D eigenvalue weighted by Gasteiger charge is 2.33. The fourth-order valence-corrected chi connectivity index (χ4v) is 5.82. The summed E-state index contributed by atoms with van der Waals surface area (Å²) in [6.45, 7) is 0.838. The summed E-state index contributed by atoms with van der Waals surface area (Å²) >= 11 is 12.4. The predicted molar refractivity (Wildman–Crippen MR) is 177 cm³/mol. The van der Waals surface area contributed by atoms with Crippen LogP contribution < -0.4 is 10.8 Å². The summed E-state index contributed by atoms with van der Waals surface area (Å²) in [5.74, 6) is -0.458. The molecule has 4 N–H and O–H groups in total. The molecular weight excluding hydrogens is 643 g/mol. The van der Waals surface area contributed by atoms with Crippen LogP contribution in [0.1, 0.15) is 73.2 Å². The number of hydrogen-bond donors (Lipinski definition) is 4. The number of unbranched alkanes of at least 4 members (excludes halogenated alkanes) is 2. The minimum atomic E-state index is -0.628. The third kappa shape index (κ3) is 9.63. The van der Waals surface area contributed by atoms with Crippen LogP contribution >= 0.6 is 23.2 Å². The summed E-state index contributed by atoms with van der Waals surface area (Å²) < 4.78 is 14.7. The number of aromatic nitrogens is 2. The van der Waals surface area contributed by atoms with Crippen molar-refractivity contribution in [1.82, 2.24) is 20.3 Å². The van der Waals surface area contributed by atoms with E-state index in [2.05, 4.69) is 16.4 Å². The minimum Gasteiger partial charge on any atom is -0.392 e. The summed E-state index contributed by atoms with van der Waals surface area (Å²) in [6.07, 6.45) is 3.73. The van der Waals surface area contributed by atoms with Gasteiger partial charge in [-0.15, -0.1) is 0 Å². The number of halogens is 2. The third-order valence-corrected chi connectivity index (χ3v) is 8.88. The van der Waals surface area contributed by atoms with Gasteiger partial charge < -0.3 is 24.5 Å². The van der Waals surface area contributed by atoms with E-state index in [9.17, 15) is 14.7 Å². The van der Waals surface area contributed by atoms with Gasteiger partial charge >= 0.3 is 0 Å². The summed E-state index contributed by atoms with van der Waals surface area (Å²) in [5.41, 5.74) is 7.31. The summed E-state index contributed by atoms with van der Waals surface area (Å²) in [4.78, 5) is 27.5. The zero-order chi connectivity index (χ0) is 33.2. The molecule has 47 heavy (non-hydrogen) atoms. The quantitative estimate of drug-likeness (QED) is 0.0664. The largest absolute Gasteiger partial charge is 0.392 e. The van der Waals surface area contributed by atoms with Gasteiger partial charge in [-0.1, -0.05) is 96.4 Å². The number of hydrogen-bond acceptors (Lipinski definition) is 7. The van der Waals surface area contributed by atoms with E-state index < -0.39 is 12.2 Å². The van der Waals surface area contributed by atoms with Crippen LogP contribution in [0.3, 0.4) is 0 Å². The molecule has 3 aromatic carbocycles. The second-order valence-corrected chi connectivity index (χ2v) is 12.2. The molecule has 1 aromatic heterocycles. The average Bonchev–Trinajstić information content (AvgIpc) is 3.42. The van der Waals surface area contributed by atoms with Crippen LogP contribution in [0, 0.1) is 0 Å². The molecule has 0 aliphatic carbocycles. The van der Waals surface area contributed by atoms with E-state index in [0.29, 0.717) is 43.9 Å². The van der Waals surface area contributed by atoms with Crippen molar-refractivity contribution < 1.29 is 29.4 Å². The SMILES string of the molecule is O=C(CCCCCC(=O)NCc1cccc(-c2ccc([C@@H]3O[C@H](Cn4cnc(Cl)c4Cl)C[C@H](c4ccc(CO)cc4)O3)cc2)c1)NO. The molecule has 4 aromatic rings. The highest BCUT2D eigenvalue weighted by Crippen LogP contribution is 2.39. The Kier molecular flexibility index (Phi) is 12.4. The van der Waals surface area contributed by atoms with Gasteiger partial charge in [0, 0.05) is 31.4 Å². The van der Waals surface area contributed by atoms with Crippen LogP contribution in [0.15, 0.2) is 79.1 Å². The minimum absolute atomic E-state index is 0.0273. The molecule has 0 unspecified atom stereocenters. The van der Waals surface area contributed by atoms with Gasteiger partial charge in [-0.25, -0.2) is 10.5 Å². The number of carbonyl (C=O) groups excluding carboxylic acids is 2. The van der Waals surface area contributed by atoms with E-state index in [-0.39, 0.29) is 36.3 Å². The molecule has 1 aliphatic rings. The first kappa shape index (κ1) is 34.6. The van der Waals surface area contributed by atoms with E-state index in [4.69, 9.17) is 37.9 Å². The average molecular weight is 682 g/mol. The molecule has 1 saturated heterocycles. The molecule has 10 nitrogen and oxygen atoms in total. The van der Waals surface area contributed by atoms with Gasteiger partial charge in [0.15, 0.2) is 11.4 Å². The monoisotopic (exact) mass is 680 g/mol. The predicted octanol–water partition coefficient (Wildman–Crippen LogP) is 6.67. The number of imidazole rings is 1. The maximum Gasteiger partial charge on any atom is 0.243 e. The van der Waals surface area contributed by atoms with Crippen molar-refractivity contribution in [2.45, 2.75) is 76.7 Å². The van der Waals surface area contributed by atoms with Crippen LogP contribution in [0.25, 0.3) is 11.1 Å². The number of hydroxylamine groups is 1. The number of nitrogens with zero attached hydrogens (tertiary/aromatic N) is 2. The van der Waals surface area contributed by atoms with Crippen LogP contribution in [0.5, 0.6) is 0 Å². The summed E-state index contributed by atoms with van der Waals surface area (Å²) in [6, 6.07) is 23.8. The highest BCUT2D eigenvalue weighted by atomic mass is 35.5. The Labute approximate surface area is 283 Å². The number of carbonyl (C=O) groups is 2. The first-order valence-corrected chi connectivity index (χ1v) is 16.3. The smallest absolute Gasteiger partial charge is 0.243 e. The molecule has 3 atom stereocenters. The number of ether oxygens (including phenoxy) is 2. The van der Waals surface area contributed by atoms with Crippen LogP contribution in [-0.2, 0) is 38.8 Å². The Hall–Kier alpha value is -3.77. The second-order valence-electron chi connectivity index (χ2n) is 11.5. The molecule has 12 heteroatoms. The lowest BCUT2D eigenvalue weighted by atomic mass is 9.99. The molecule has 5 rings (SSSR count). The van der Waals surface area contributed by atoms with Crippen molar-refractivity contribution in [1.29, 1.82) is 0 Å². The molecule has 0 radical (unpaired) electrons. The third-order valence-electron chi connectivity index (χ3n) is 8.11. The zero-order valence-electron chi connectivity index (χ0n) is 25.8. The number of aliphatic hydroxyl groups excluding tert-OH is 1. The molecule has 2 amide bonds. The molecule has 0 saturated carbocycles. The lowest BCUT2D eigenvalue weighted by molar-refractivity contribution is -0.252. The van der Waals surface area contributed by atoms with Gasteiger partial charge in [0.1, 0.15) is 5.15 Å². The Balaban J connectivity index is 1.22. The van der Waals surface area contributed by atoms with Gasteiger partial charge in [0.2, 0.25) is 11.8 Å². The molecule has 0 bridgehead atoms. The number of benzene rings is 3. The van der Waals surface area contributed by atoms with E-state index in [0.717, 1.165) is 39.8 Å². The Morgan fingerprint density at radius 1 is 0.872 bits per heavy atom. The Bertz CT molecular complexity index is 1630. The van der Waals surface area contributed by atoms with Crippen molar-refractivity contribution in [3.8, 4) is 11.1 Å². The van der Waals surface area contributed by atoms with Gasteiger partial charge in [0.05, 0.1) is 31.7 Å². The Morgan fingerprint density at radius 2 is 1.60 bits per heavy atom. The second kappa shape index (κ2) is 16.9. The van der Waals surface area contributed by atoms with E-state index in [1.807, 2.05) is 66.7 Å². The number of nitrogens with one attached hydrogen (secondary N) is 2. The van der Waals surface area contributed by atoms with E-state index >= 15 is 0 Å². The van der Waals surface area contributed by atoms with Gasteiger partial charge in [0.25, 0.3) is 0 Å². The normalized spacial score (nSPS) is 17.7. The van der Waals surface area contributed by atoms with Crippen molar-refractivity contribution in [3.63, 3.8) is 0 Å². The number of aliphatic hydroxyl groups is 1. The lowest BCUT2D eigenvalue weighted by Gasteiger charge is -2.36. The molecule has 1 fully saturated rings. The van der Waals surface area contributed by atoms with E-state index in [1.165, 1.54) is 0 Å². The number of rotatable bonds is 14. The topological polar surface area (TPSA) is 135 Å². The maximum absolute atomic E-state index is 12.3. The molecule has 248 valence electrons. The molecule has 0 spiro atoms. The van der Waals surface area contributed by atoms with Crippen molar-refractivity contribution in [2.75, 3.05) is 0 Å². The van der Waals surface area contributed by atoms with Crippen molar-refractivity contribution >= 4 is 35.0 Å². The van der Waals surface area contributed by atoms with Crippen molar-refractivity contribution in [3.05, 3.63) is 112 Å². The molecule has 2 heterocycles.